The number of hydrogen-bond donors (Lipinski definition) is 1. The maximum atomic E-state index is 14.7. The minimum Gasteiger partial charge on any atom is -0.496 e. The number of methoxy groups -OCH3 is 1. The van der Waals surface area contributed by atoms with E-state index in [2.05, 4.69) is 4.98 Å². The zero-order chi connectivity index (χ0) is 36.2. The van der Waals surface area contributed by atoms with Crippen molar-refractivity contribution in [1.82, 2.24) is 24.6 Å². The Balaban J connectivity index is 1.48. The largest absolute Gasteiger partial charge is 0.496 e. The van der Waals surface area contributed by atoms with Crippen LogP contribution in [0.25, 0.3) is 22.4 Å². The molecule has 6 rings (SSSR count). The van der Waals surface area contributed by atoms with E-state index in [1.54, 1.807) is 30.3 Å². The van der Waals surface area contributed by atoms with Crippen LogP contribution in [0, 0.1) is 5.92 Å². The summed E-state index contributed by atoms with van der Waals surface area (Å²) in [7, 11) is 1.59. The number of benzene rings is 1. The van der Waals surface area contributed by atoms with Crippen LogP contribution in [-0.2, 0) is 10.5 Å². The Morgan fingerprint density at radius 1 is 1.02 bits per heavy atom. The molecule has 2 unspecified atom stereocenters. The number of carbonyl (C=O) groups is 3. The Kier molecular flexibility index (Phi) is 9.75. The van der Waals surface area contributed by atoms with Crippen LogP contribution in [0.5, 0.6) is 5.75 Å². The van der Waals surface area contributed by atoms with Gasteiger partial charge in [0.25, 0.3) is 5.91 Å². The molecule has 4 atom stereocenters. The number of primary amides is 1. The molecule has 3 aliphatic rings. The lowest BCUT2D eigenvalue weighted by Crippen LogP contribution is -2.60. The molecule has 14 heteroatoms. The minimum atomic E-state index is -0.632. The van der Waals surface area contributed by atoms with E-state index < -0.39 is 23.6 Å². The van der Waals surface area contributed by atoms with Gasteiger partial charge in [-0.3, -0.25) is 19.3 Å². The second-order valence-electron chi connectivity index (χ2n) is 14.0. The number of amides is 3. The highest BCUT2D eigenvalue weighted by atomic mass is 35.5. The molecule has 264 valence electrons. The third-order valence-corrected chi connectivity index (χ3v) is 10.9. The third kappa shape index (κ3) is 6.72. The van der Waals surface area contributed by atoms with Crippen LogP contribution in [0.3, 0.4) is 0 Å². The van der Waals surface area contributed by atoms with E-state index in [1.807, 2.05) is 69.3 Å². The first-order chi connectivity index (χ1) is 23.6. The minimum absolute atomic E-state index is 0.189. The molecule has 2 aliphatic heterocycles. The molecule has 1 saturated heterocycles. The van der Waals surface area contributed by atoms with Crippen molar-refractivity contribution in [2.75, 3.05) is 20.2 Å². The van der Waals surface area contributed by atoms with Crippen LogP contribution in [0.15, 0.2) is 57.7 Å². The second-order valence-corrected chi connectivity index (χ2v) is 15.8. The van der Waals surface area contributed by atoms with E-state index >= 15 is 0 Å². The number of hydrogen-bond acceptors (Lipinski definition) is 8. The van der Waals surface area contributed by atoms with Gasteiger partial charge in [0.1, 0.15) is 11.4 Å². The van der Waals surface area contributed by atoms with Gasteiger partial charge in [0.15, 0.2) is 5.69 Å². The Bertz CT molecular complexity index is 1940. The molecule has 4 heterocycles. The summed E-state index contributed by atoms with van der Waals surface area (Å²) < 4.78 is 13.3. The lowest BCUT2D eigenvalue weighted by atomic mass is 9.94. The average molecular weight is 740 g/mol. The van der Waals surface area contributed by atoms with Gasteiger partial charge in [-0.15, -0.1) is 11.8 Å². The Labute approximate surface area is 305 Å². The van der Waals surface area contributed by atoms with Crippen LogP contribution in [0.1, 0.15) is 74.0 Å². The number of piperazine rings is 1. The van der Waals surface area contributed by atoms with Gasteiger partial charge in [-0.05, 0) is 70.5 Å². The number of ether oxygens (including phenoxy) is 2. The van der Waals surface area contributed by atoms with E-state index in [4.69, 9.17) is 43.5 Å². The average Bonchev–Trinajstić information content (AvgIpc) is 3.44. The Hall–Kier alpha value is -4.00. The Morgan fingerprint density at radius 2 is 1.72 bits per heavy atom. The molecule has 50 heavy (non-hydrogen) atoms. The van der Waals surface area contributed by atoms with E-state index in [-0.39, 0.29) is 29.5 Å². The van der Waals surface area contributed by atoms with Crippen LogP contribution in [0.2, 0.25) is 0 Å². The first kappa shape index (κ1) is 35.8. The number of allylic oxidation sites excluding steroid dienone is 4. The first-order valence-corrected chi connectivity index (χ1v) is 18.1. The normalized spacial score (nSPS) is 21.9. The van der Waals surface area contributed by atoms with Crippen molar-refractivity contribution in [2.45, 2.75) is 75.9 Å². The van der Waals surface area contributed by atoms with Gasteiger partial charge in [-0.2, -0.15) is 5.10 Å². The van der Waals surface area contributed by atoms with Crippen LogP contribution in [-0.4, -0.2) is 80.4 Å². The SMILES string of the molecule is COc1cc2c(cc1-c1cncc(C(N)=O)c1)-c1c(c(C(=O)N3[C@H](C)CN(C(=O)OC(C)(C)C)C[C@@H]3C)nn1C1C=C(Cl)C=C(Cl)C1C)SC2. The van der Waals surface area contributed by atoms with Crippen molar-refractivity contribution >= 4 is 52.9 Å². The van der Waals surface area contributed by atoms with Crippen molar-refractivity contribution in [2.24, 2.45) is 11.7 Å². The number of carbonyl (C=O) groups excluding carboxylic acids is 3. The standard InChI is InChI=1S/C36H40Cl2N6O5S/c1-18-15-42(35(47)49-36(4,5)6)16-19(2)43(18)34(46)30-32-31(44(41-30)28-11-24(37)10-27(38)20(28)3)26-12-25(29(48-7)9-23(26)17-50-32)21-8-22(33(39)45)14-40-13-21/h8-14,18-20,28H,15-17H2,1-7H3,(H2,39,45)/t18-,19+,20?,28?. The molecule has 3 amide bonds. The highest BCUT2D eigenvalue weighted by Crippen LogP contribution is 2.50. The van der Waals surface area contributed by atoms with Gasteiger partial charge in [0.2, 0.25) is 5.91 Å². The topological polar surface area (TPSA) is 133 Å². The summed E-state index contributed by atoms with van der Waals surface area (Å²) in [5, 5.41) is 6.12. The predicted octanol–water partition coefficient (Wildman–Crippen LogP) is 7.23. The molecular formula is C36H40Cl2N6O5S. The number of pyridine rings is 1. The number of thioether (sulfide) groups is 1. The molecule has 0 bridgehead atoms. The monoisotopic (exact) mass is 738 g/mol. The van der Waals surface area contributed by atoms with E-state index in [9.17, 15) is 14.4 Å². The predicted molar refractivity (Wildman–Crippen MR) is 194 cm³/mol. The van der Waals surface area contributed by atoms with Gasteiger partial charge < -0.3 is 25.0 Å². The molecule has 3 aromatic rings. The van der Waals surface area contributed by atoms with E-state index in [0.29, 0.717) is 51.5 Å². The fraction of sp³-hybridized carbons (Fsp3) is 0.417. The molecule has 2 aromatic heterocycles. The summed E-state index contributed by atoms with van der Waals surface area (Å²) >= 11 is 14.8. The number of nitrogens with two attached hydrogens (primary N) is 1. The third-order valence-electron chi connectivity index (χ3n) is 9.10. The molecule has 0 saturated carbocycles. The number of fused-ring (bicyclic) bond motifs is 3. The van der Waals surface area contributed by atoms with Crippen LogP contribution < -0.4 is 10.5 Å². The number of halogens is 2. The molecule has 0 radical (unpaired) electrons. The van der Waals surface area contributed by atoms with Gasteiger partial charge in [-0.25, -0.2) is 4.79 Å². The molecule has 1 aliphatic carbocycles. The summed E-state index contributed by atoms with van der Waals surface area (Å²) in [6.45, 7) is 12.0. The second kappa shape index (κ2) is 13.6. The fourth-order valence-electron chi connectivity index (χ4n) is 6.77. The summed E-state index contributed by atoms with van der Waals surface area (Å²) in [6.07, 6.45) is 6.29. The van der Waals surface area contributed by atoms with Crippen molar-refractivity contribution in [3.05, 3.63) is 69.6 Å². The van der Waals surface area contributed by atoms with Crippen molar-refractivity contribution in [1.29, 1.82) is 0 Å². The van der Waals surface area contributed by atoms with Crippen LogP contribution >= 0.6 is 35.0 Å². The quantitative estimate of drug-likeness (QED) is 0.290. The summed E-state index contributed by atoms with van der Waals surface area (Å²) in [4.78, 5) is 48.1. The van der Waals surface area contributed by atoms with Gasteiger partial charge >= 0.3 is 6.09 Å². The summed E-state index contributed by atoms with van der Waals surface area (Å²) in [5.74, 6) is 0.146. The lowest BCUT2D eigenvalue weighted by molar-refractivity contribution is -0.00515. The smallest absolute Gasteiger partial charge is 0.410 e. The van der Waals surface area contributed by atoms with Gasteiger partial charge in [-0.1, -0.05) is 30.1 Å². The maximum absolute atomic E-state index is 14.7. The lowest BCUT2D eigenvalue weighted by Gasteiger charge is -2.44. The number of nitrogens with zero attached hydrogens (tertiary/aromatic N) is 5. The van der Waals surface area contributed by atoms with Gasteiger partial charge in [0, 0.05) is 76.0 Å². The van der Waals surface area contributed by atoms with Crippen molar-refractivity contribution in [3.8, 4) is 28.1 Å². The molecule has 1 fully saturated rings. The highest BCUT2D eigenvalue weighted by molar-refractivity contribution is 7.98. The number of aromatic nitrogens is 3. The zero-order valence-corrected chi connectivity index (χ0v) is 31.3. The molecule has 0 spiro atoms. The van der Waals surface area contributed by atoms with Crippen LogP contribution in [0.4, 0.5) is 4.79 Å². The van der Waals surface area contributed by atoms with Crippen molar-refractivity contribution < 1.29 is 23.9 Å². The van der Waals surface area contributed by atoms with E-state index in [1.165, 1.54) is 18.0 Å². The van der Waals surface area contributed by atoms with E-state index in [0.717, 1.165) is 21.7 Å². The molecule has 2 N–H and O–H groups in total. The molecular weight excluding hydrogens is 699 g/mol. The fourth-order valence-corrected chi connectivity index (χ4v) is 8.46. The van der Waals surface area contributed by atoms with Crippen molar-refractivity contribution in [3.63, 3.8) is 0 Å². The number of rotatable bonds is 5. The summed E-state index contributed by atoms with van der Waals surface area (Å²) in [5.41, 5.74) is 9.46. The first-order valence-electron chi connectivity index (χ1n) is 16.3. The molecule has 11 nitrogen and oxygen atoms in total. The Morgan fingerprint density at radius 3 is 2.36 bits per heavy atom. The van der Waals surface area contributed by atoms with Gasteiger partial charge in [0.05, 0.1) is 29.3 Å². The maximum Gasteiger partial charge on any atom is 0.410 e. The zero-order valence-electron chi connectivity index (χ0n) is 29.0. The molecule has 1 aromatic carbocycles. The highest BCUT2D eigenvalue weighted by Gasteiger charge is 2.41. The summed E-state index contributed by atoms with van der Waals surface area (Å²) in [6, 6.07) is 4.63.